The van der Waals surface area contributed by atoms with Crippen LogP contribution in [0.15, 0.2) is 45.8 Å². The van der Waals surface area contributed by atoms with E-state index >= 15 is 0 Å². The van der Waals surface area contributed by atoms with Crippen molar-refractivity contribution in [3.8, 4) is 5.88 Å². The lowest BCUT2D eigenvalue weighted by Crippen LogP contribution is -2.25. The third-order valence-corrected chi connectivity index (χ3v) is 3.79. The summed E-state index contributed by atoms with van der Waals surface area (Å²) in [7, 11) is 0. The number of fused-ring (bicyclic) bond motifs is 1. The monoisotopic (exact) mass is 377 g/mol. The van der Waals surface area contributed by atoms with Gasteiger partial charge in [-0.2, -0.15) is 0 Å². The van der Waals surface area contributed by atoms with Crippen molar-refractivity contribution in [3.63, 3.8) is 0 Å². The van der Waals surface area contributed by atoms with Crippen molar-refractivity contribution in [2.24, 2.45) is 0 Å². The lowest BCUT2D eigenvalue weighted by Gasteiger charge is -2.12. The molecule has 0 aliphatic heterocycles. The Morgan fingerprint density at radius 1 is 1.35 bits per heavy atom. The highest BCUT2D eigenvalue weighted by Crippen LogP contribution is 2.18. The van der Waals surface area contributed by atoms with E-state index in [-0.39, 0.29) is 12.4 Å². The van der Waals surface area contributed by atoms with E-state index in [2.05, 4.69) is 25.9 Å². The van der Waals surface area contributed by atoms with E-state index in [1.807, 2.05) is 0 Å². The third kappa shape index (κ3) is 3.10. The van der Waals surface area contributed by atoms with Crippen molar-refractivity contribution in [3.05, 3.63) is 62.7 Å². The second kappa shape index (κ2) is 6.45. The Balaban J connectivity index is 2.18. The number of halogens is 2. The predicted octanol–water partition coefficient (Wildman–Crippen LogP) is 3.14. The Hall–Kier alpha value is -2.28. The zero-order valence-corrected chi connectivity index (χ0v) is 13.9. The van der Waals surface area contributed by atoms with Gasteiger partial charge in [-0.3, -0.25) is 9.36 Å². The fraction of sp³-hybridized carbons (Fsp3) is 0.188. The van der Waals surface area contributed by atoms with Crippen molar-refractivity contribution in [2.75, 3.05) is 6.61 Å². The van der Waals surface area contributed by atoms with Crippen LogP contribution in [0.4, 0.5) is 4.39 Å². The fourth-order valence-electron chi connectivity index (χ4n) is 2.25. The van der Waals surface area contributed by atoms with Gasteiger partial charge >= 0.3 is 5.56 Å². The number of ether oxygens (including phenoxy) is 1. The lowest BCUT2D eigenvalue weighted by atomic mass is 10.2. The number of rotatable bonds is 4. The van der Waals surface area contributed by atoms with Crippen LogP contribution in [0.3, 0.4) is 0 Å². The summed E-state index contributed by atoms with van der Waals surface area (Å²) in [5.41, 5.74) is 0.868. The maximum atomic E-state index is 14.1. The number of hydrogen-bond acceptors (Lipinski definition) is 4. The molecule has 3 aromatic rings. The molecule has 0 atom stereocenters. The van der Waals surface area contributed by atoms with Gasteiger partial charge in [-0.05, 0) is 31.2 Å². The summed E-state index contributed by atoms with van der Waals surface area (Å²) < 4.78 is 21.4. The van der Waals surface area contributed by atoms with Crippen LogP contribution in [0.25, 0.3) is 11.2 Å². The zero-order valence-electron chi connectivity index (χ0n) is 12.3. The van der Waals surface area contributed by atoms with Gasteiger partial charge in [0.15, 0.2) is 5.65 Å². The van der Waals surface area contributed by atoms with Crippen LogP contribution in [-0.4, -0.2) is 21.1 Å². The summed E-state index contributed by atoms with van der Waals surface area (Å²) in [6.07, 6.45) is 1.57. The summed E-state index contributed by atoms with van der Waals surface area (Å²) >= 11 is 3.22. The van der Waals surface area contributed by atoms with Gasteiger partial charge in [0.05, 0.1) is 13.2 Å². The molecule has 0 amide bonds. The van der Waals surface area contributed by atoms with E-state index in [4.69, 9.17) is 4.74 Å². The second-order valence-electron chi connectivity index (χ2n) is 4.82. The van der Waals surface area contributed by atoms with Gasteiger partial charge in [0.25, 0.3) is 5.88 Å². The van der Waals surface area contributed by atoms with Crippen LogP contribution in [0.1, 0.15) is 12.5 Å². The molecule has 1 aromatic carbocycles. The van der Waals surface area contributed by atoms with Crippen LogP contribution < -0.4 is 10.3 Å². The van der Waals surface area contributed by atoms with E-state index in [1.165, 1.54) is 10.6 Å². The highest BCUT2D eigenvalue weighted by molar-refractivity contribution is 9.10. The number of aromatic nitrogens is 3. The molecule has 0 unspecified atom stereocenters. The molecular formula is C16H13BrFN3O2. The SMILES string of the molecule is CCOc1nc2cccnc2n(Cc2ccc(Br)cc2F)c1=O. The topological polar surface area (TPSA) is 57.0 Å². The highest BCUT2D eigenvalue weighted by atomic mass is 79.9. The minimum Gasteiger partial charge on any atom is -0.474 e. The van der Waals surface area contributed by atoms with E-state index in [1.54, 1.807) is 37.4 Å². The van der Waals surface area contributed by atoms with Gasteiger partial charge in [0.2, 0.25) is 0 Å². The largest absolute Gasteiger partial charge is 0.474 e. The van der Waals surface area contributed by atoms with E-state index < -0.39 is 11.4 Å². The quantitative estimate of drug-likeness (QED) is 0.700. The lowest BCUT2D eigenvalue weighted by molar-refractivity contribution is 0.320. The van der Waals surface area contributed by atoms with Gasteiger partial charge in [-0.1, -0.05) is 22.0 Å². The second-order valence-corrected chi connectivity index (χ2v) is 5.74. The molecule has 0 saturated carbocycles. The smallest absolute Gasteiger partial charge is 0.315 e. The molecule has 0 saturated heterocycles. The molecule has 2 aromatic heterocycles. The standard InChI is InChI=1S/C16H13BrFN3O2/c1-2-23-15-16(22)21(14-13(20-15)4-3-7-19-14)9-10-5-6-11(17)8-12(10)18/h3-8H,2,9H2,1H3. The molecule has 23 heavy (non-hydrogen) atoms. The third-order valence-electron chi connectivity index (χ3n) is 3.30. The Labute approximate surface area is 139 Å². The molecular weight excluding hydrogens is 365 g/mol. The van der Waals surface area contributed by atoms with Crippen LogP contribution >= 0.6 is 15.9 Å². The van der Waals surface area contributed by atoms with Crippen LogP contribution in [0, 0.1) is 5.82 Å². The minimum atomic E-state index is -0.430. The molecule has 0 aliphatic carbocycles. The van der Waals surface area contributed by atoms with Crippen molar-refractivity contribution in [2.45, 2.75) is 13.5 Å². The summed E-state index contributed by atoms with van der Waals surface area (Å²) in [5, 5.41) is 0. The first-order chi connectivity index (χ1) is 11.1. The minimum absolute atomic E-state index is 0.00878. The van der Waals surface area contributed by atoms with Crippen molar-refractivity contribution in [1.82, 2.24) is 14.5 Å². The molecule has 5 nitrogen and oxygen atoms in total. The van der Waals surface area contributed by atoms with Crippen molar-refractivity contribution >= 4 is 27.1 Å². The highest BCUT2D eigenvalue weighted by Gasteiger charge is 2.14. The van der Waals surface area contributed by atoms with Crippen molar-refractivity contribution in [1.29, 1.82) is 0 Å². The first-order valence-corrected chi connectivity index (χ1v) is 7.81. The molecule has 0 aliphatic rings. The molecule has 3 rings (SSSR count). The van der Waals surface area contributed by atoms with E-state index in [0.29, 0.717) is 27.8 Å². The molecule has 0 N–H and O–H groups in total. The van der Waals surface area contributed by atoms with Gasteiger partial charge < -0.3 is 4.74 Å². The molecule has 2 heterocycles. The Morgan fingerprint density at radius 2 is 2.17 bits per heavy atom. The average molecular weight is 378 g/mol. The fourth-order valence-corrected chi connectivity index (χ4v) is 2.58. The summed E-state index contributed by atoms with van der Waals surface area (Å²) in [5.74, 6) is -0.407. The van der Waals surface area contributed by atoms with Gasteiger partial charge in [0, 0.05) is 16.2 Å². The van der Waals surface area contributed by atoms with E-state index in [9.17, 15) is 9.18 Å². The number of nitrogens with zero attached hydrogens (tertiary/aromatic N) is 3. The molecule has 7 heteroatoms. The Kier molecular flexibility index (Phi) is 4.38. The van der Waals surface area contributed by atoms with Gasteiger partial charge in [-0.25, -0.2) is 14.4 Å². The first kappa shape index (κ1) is 15.6. The predicted molar refractivity (Wildman–Crippen MR) is 88.2 cm³/mol. The zero-order chi connectivity index (χ0) is 16.4. The molecule has 0 bridgehead atoms. The maximum Gasteiger partial charge on any atom is 0.315 e. The first-order valence-electron chi connectivity index (χ1n) is 7.02. The van der Waals surface area contributed by atoms with E-state index in [0.717, 1.165) is 0 Å². The molecule has 0 fully saturated rings. The van der Waals surface area contributed by atoms with Crippen molar-refractivity contribution < 1.29 is 9.13 Å². The number of pyridine rings is 1. The van der Waals surface area contributed by atoms with Gasteiger partial charge in [-0.15, -0.1) is 0 Å². The summed E-state index contributed by atoms with van der Waals surface area (Å²) in [6, 6.07) is 8.17. The number of hydrogen-bond donors (Lipinski definition) is 0. The van der Waals surface area contributed by atoms with Crippen LogP contribution in [0.2, 0.25) is 0 Å². The summed E-state index contributed by atoms with van der Waals surface area (Å²) in [6.45, 7) is 2.14. The number of benzene rings is 1. The average Bonchev–Trinajstić information content (AvgIpc) is 2.53. The Morgan fingerprint density at radius 3 is 2.91 bits per heavy atom. The Bertz CT molecular complexity index is 927. The molecule has 0 radical (unpaired) electrons. The molecule has 0 spiro atoms. The van der Waals surface area contributed by atoms with Crippen LogP contribution in [0.5, 0.6) is 5.88 Å². The van der Waals surface area contributed by atoms with Gasteiger partial charge in [0.1, 0.15) is 11.3 Å². The van der Waals surface area contributed by atoms with Crippen LogP contribution in [-0.2, 0) is 6.54 Å². The normalized spacial score (nSPS) is 10.9. The maximum absolute atomic E-state index is 14.1. The summed E-state index contributed by atoms with van der Waals surface area (Å²) in [4.78, 5) is 20.9. The molecule has 118 valence electrons.